The first kappa shape index (κ1) is 13.8. The Morgan fingerprint density at radius 2 is 2.20 bits per heavy atom. The third kappa shape index (κ3) is 3.27. The van der Waals surface area contributed by atoms with E-state index in [4.69, 9.17) is 0 Å². The highest BCUT2D eigenvalue weighted by Gasteiger charge is 2.16. The van der Waals surface area contributed by atoms with E-state index < -0.39 is 0 Å². The Balaban J connectivity index is 1.52. The molecular weight excluding hydrogens is 273 g/mol. The highest BCUT2D eigenvalue weighted by molar-refractivity contribution is 7.22. The van der Waals surface area contributed by atoms with Crippen LogP contribution in [-0.4, -0.2) is 36.6 Å². The van der Waals surface area contributed by atoms with E-state index in [9.17, 15) is 4.39 Å². The van der Waals surface area contributed by atoms with Gasteiger partial charge in [0.15, 0.2) is 5.13 Å². The van der Waals surface area contributed by atoms with Gasteiger partial charge in [-0.15, -0.1) is 0 Å². The maximum atomic E-state index is 13.1. The Bertz CT molecular complexity index is 576. The van der Waals surface area contributed by atoms with Gasteiger partial charge in [0.25, 0.3) is 0 Å². The summed E-state index contributed by atoms with van der Waals surface area (Å²) in [5.41, 5.74) is 0.747. The number of anilines is 1. The summed E-state index contributed by atoms with van der Waals surface area (Å²) in [6.07, 6.45) is 3.78. The van der Waals surface area contributed by atoms with Crippen LogP contribution in [0.3, 0.4) is 0 Å². The summed E-state index contributed by atoms with van der Waals surface area (Å²) < 4.78 is 14.1. The number of piperidine rings is 1. The molecule has 108 valence electrons. The van der Waals surface area contributed by atoms with Crippen molar-refractivity contribution in [1.29, 1.82) is 0 Å². The van der Waals surface area contributed by atoms with Gasteiger partial charge in [-0.05, 0) is 57.5 Å². The van der Waals surface area contributed by atoms with Gasteiger partial charge in [-0.3, -0.25) is 0 Å². The van der Waals surface area contributed by atoms with Crippen LogP contribution >= 0.6 is 11.3 Å². The van der Waals surface area contributed by atoms with Crippen LogP contribution in [0, 0.1) is 11.7 Å². The van der Waals surface area contributed by atoms with Crippen LogP contribution in [0.1, 0.15) is 19.3 Å². The predicted octanol–water partition coefficient (Wildman–Crippen LogP) is 3.58. The first-order valence-electron chi connectivity index (χ1n) is 7.19. The van der Waals surface area contributed by atoms with Crippen molar-refractivity contribution in [2.75, 3.05) is 32.0 Å². The van der Waals surface area contributed by atoms with Gasteiger partial charge in [-0.1, -0.05) is 11.3 Å². The molecule has 0 aliphatic carbocycles. The average Bonchev–Trinajstić information content (AvgIpc) is 2.83. The number of hydrogen-bond donors (Lipinski definition) is 1. The van der Waals surface area contributed by atoms with E-state index in [0.717, 1.165) is 27.8 Å². The highest BCUT2D eigenvalue weighted by Crippen LogP contribution is 2.27. The minimum absolute atomic E-state index is 0.222. The standard InChI is InChI=1S/C15H20FN3S/c1-19-8-5-11(6-9-19)4-7-17-15-18-13-10-12(16)2-3-14(13)20-15/h2-3,10-11H,4-9H2,1H3,(H,17,18). The molecule has 5 heteroatoms. The molecule has 1 aliphatic rings. The lowest BCUT2D eigenvalue weighted by Gasteiger charge is -2.28. The summed E-state index contributed by atoms with van der Waals surface area (Å²) in [6, 6.07) is 4.78. The molecule has 0 amide bonds. The third-order valence-corrected chi connectivity index (χ3v) is 5.01. The van der Waals surface area contributed by atoms with E-state index in [0.29, 0.717) is 0 Å². The summed E-state index contributed by atoms with van der Waals surface area (Å²) in [5.74, 6) is 0.603. The van der Waals surface area contributed by atoms with Crippen LogP contribution < -0.4 is 5.32 Å². The summed E-state index contributed by atoms with van der Waals surface area (Å²) in [4.78, 5) is 6.82. The molecule has 0 radical (unpaired) electrons. The maximum absolute atomic E-state index is 13.1. The van der Waals surface area contributed by atoms with Crippen LogP contribution in [0.25, 0.3) is 10.2 Å². The second-order valence-electron chi connectivity index (χ2n) is 5.59. The van der Waals surface area contributed by atoms with Gasteiger partial charge in [0.1, 0.15) is 5.82 Å². The lowest BCUT2D eigenvalue weighted by atomic mass is 9.94. The molecule has 1 saturated heterocycles. The van der Waals surface area contributed by atoms with E-state index in [1.807, 2.05) is 0 Å². The van der Waals surface area contributed by atoms with Crippen LogP contribution in [-0.2, 0) is 0 Å². The van der Waals surface area contributed by atoms with Gasteiger partial charge in [0.2, 0.25) is 0 Å². The van der Waals surface area contributed by atoms with Crippen molar-refractivity contribution < 1.29 is 4.39 Å². The zero-order chi connectivity index (χ0) is 13.9. The molecule has 0 bridgehead atoms. The third-order valence-electron chi connectivity index (χ3n) is 4.02. The largest absolute Gasteiger partial charge is 0.361 e. The van der Waals surface area contributed by atoms with Crippen LogP contribution in [0.15, 0.2) is 18.2 Å². The summed E-state index contributed by atoms with van der Waals surface area (Å²) >= 11 is 1.60. The number of aromatic nitrogens is 1. The van der Waals surface area contributed by atoms with E-state index in [-0.39, 0.29) is 5.82 Å². The predicted molar refractivity (Wildman–Crippen MR) is 82.9 cm³/mol. The molecule has 3 nitrogen and oxygen atoms in total. The topological polar surface area (TPSA) is 28.2 Å². The number of halogens is 1. The quantitative estimate of drug-likeness (QED) is 0.934. The minimum atomic E-state index is -0.222. The lowest BCUT2D eigenvalue weighted by Crippen LogP contribution is -2.30. The Hall–Kier alpha value is -1.20. The molecule has 0 spiro atoms. The van der Waals surface area contributed by atoms with Crippen molar-refractivity contribution in [3.8, 4) is 0 Å². The summed E-state index contributed by atoms with van der Waals surface area (Å²) in [7, 11) is 2.19. The fourth-order valence-electron chi connectivity index (χ4n) is 2.71. The Kier molecular flexibility index (Phi) is 4.17. The van der Waals surface area contributed by atoms with Gasteiger partial charge in [0, 0.05) is 12.6 Å². The van der Waals surface area contributed by atoms with Crippen molar-refractivity contribution in [3.63, 3.8) is 0 Å². The lowest BCUT2D eigenvalue weighted by molar-refractivity contribution is 0.215. The highest BCUT2D eigenvalue weighted by atomic mass is 32.1. The van der Waals surface area contributed by atoms with Crippen molar-refractivity contribution in [1.82, 2.24) is 9.88 Å². The first-order chi connectivity index (χ1) is 9.70. The van der Waals surface area contributed by atoms with E-state index in [1.54, 1.807) is 17.4 Å². The average molecular weight is 293 g/mol. The molecule has 1 N–H and O–H groups in total. The monoisotopic (exact) mass is 293 g/mol. The molecule has 2 aromatic rings. The number of rotatable bonds is 4. The molecular formula is C15H20FN3S. The Labute approximate surface area is 122 Å². The molecule has 20 heavy (non-hydrogen) atoms. The van der Waals surface area contributed by atoms with Gasteiger partial charge < -0.3 is 10.2 Å². The molecule has 2 heterocycles. The zero-order valence-corrected chi connectivity index (χ0v) is 12.5. The van der Waals surface area contributed by atoms with Crippen LogP contribution in [0.4, 0.5) is 9.52 Å². The van der Waals surface area contributed by atoms with Crippen molar-refractivity contribution in [2.45, 2.75) is 19.3 Å². The molecule has 3 rings (SSSR count). The fraction of sp³-hybridized carbons (Fsp3) is 0.533. The normalized spacial score (nSPS) is 17.7. The van der Waals surface area contributed by atoms with Crippen LogP contribution in [0.2, 0.25) is 0 Å². The summed E-state index contributed by atoms with van der Waals surface area (Å²) in [6.45, 7) is 3.38. The Morgan fingerprint density at radius 1 is 1.40 bits per heavy atom. The number of likely N-dealkylation sites (tertiary alicyclic amines) is 1. The SMILES string of the molecule is CN1CCC(CCNc2nc3cc(F)ccc3s2)CC1. The van der Waals surface area contributed by atoms with E-state index in [2.05, 4.69) is 22.2 Å². The second-order valence-corrected chi connectivity index (χ2v) is 6.62. The van der Waals surface area contributed by atoms with Crippen LogP contribution in [0.5, 0.6) is 0 Å². The van der Waals surface area contributed by atoms with Crippen molar-refractivity contribution in [3.05, 3.63) is 24.0 Å². The minimum Gasteiger partial charge on any atom is -0.361 e. The van der Waals surface area contributed by atoms with Crippen molar-refractivity contribution in [2.24, 2.45) is 5.92 Å². The number of hydrogen-bond acceptors (Lipinski definition) is 4. The maximum Gasteiger partial charge on any atom is 0.183 e. The summed E-state index contributed by atoms with van der Waals surface area (Å²) in [5, 5.41) is 4.28. The molecule has 0 unspecified atom stereocenters. The second kappa shape index (κ2) is 6.06. The molecule has 0 atom stereocenters. The van der Waals surface area contributed by atoms with Gasteiger partial charge in [-0.2, -0.15) is 0 Å². The number of nitrogens with one attached hydrogen (secondary N) is 1. The number of fused-ring (bicyclic) bond motifs is 1. The number of nitrogens with zero attached hydrogens (tertiary/aromatic N) is 2. The van der Waals surface area contributed by atoms with E-state index in [1.165, 1.54) is 44.5 Å². The van der Waals surface area contributed by atoms with Gasteiger partial charge >= 0.3 is 0 Å². The van der Waals surface area contributed by atoms with Gasteiger partial charge in [-0.25, -0.2) is 9.37 Å². The van der Waals surface area contributed by atoms with E-state index >= 15 is 0 Å². The van der Waals surface area contributed by atoms with Gasteiger partial charge in [0.05, 0.1) is 10.2 Å². The number of thiazole rings is 1. The van der Waals surface area contributed by atoms with Crippen molar-refractivity contribution >= 4 is 26.7 Å². The molecule has 1 aliphatic heterocycles. The Morgan fingerprint density at radius 3 is 3.00 bits per heavy atom. The molecule has 1 aromatic heterocycles. The first-order valence-corrected chi connectivity index (χ1v) is 8.01. The number of benzene rings is 1. The zero-order valence-electron chi connectivity index (χ0n) is 11.7. The smallest absolute Gasteiger partial charge is 0.183 e. The molecule has 0 saturated carbocycles. The fourth-order valence-corrected chi connectivity index (χ4v) is 3.58. The molecule has 1 fully saturated rings. The molecule has 1 aromatic carbocycles.